The van der Waals surface area contributed by atoms with Gasteiger partial charge in [-0.15, -0.1) is 0 Å². The van der Waals surface area contributed by atoms with E-state index in [0.29, 0.717) is 44.0 Å². The number of fused-ring (bicyclic) bond motifs is 3. The fraction of sp³-hybridized carbons (Fsp3) is 0.652. The Labute approximate surface area is 190 Å². The molecule has 6 rings (SSSR count). The summed E-state index contributed by atoms with van der Waals surface area (Å²) in [6, 6.07) is 1.99. The number of aromatic nitrogens is 2. The van der Waals surface area contributed by atoms with Gasteiger partial charge in [0.05, 0.1) is 23.2 Å². The molecule has 2 aromatic rings. The molecule has 1 aromatic heterocycles. The van der Waals surface area contributed by atoms with Gasteiger partial charge in [0.2, 0.25) is 0 Å². The van der Waals surface area contributed by atoms with Gasteiger partial charge in [-0.2, -0.15) is 9.97 Å². The van der Waals surface area contributed by atoms with Gasteiger partial charge < -0.3 is 14.4 Å². The molecule has 3 atom stereocenters. The molecule has 32 heavy (non-hydrogen) atoms. The number of rotatable bonds is 3. The number of ether oxygens (including phenoxy) is 2. The van der Waals surface area contributed by atoms with Crippen LogP contribution in [-0.4, -0.2) is 72.1 Å². The molecule has 3 saturated heterocycles. The molecule has 0 radical (unpaired) electrons. The van der Waals surface area contributed by atoms with Crippen LogP contribution in [0.1, 0.15) is 37.7 Å². The summed E-state index contributed by atoms with van der Waals surface area (Å²) >= 11 is 6.24. The Morgan fingerprint density at radius 1 is 1.28 bits per heavy atom. The van der Waals surface area contributed by atoms with E-state index in [9.17, 15) is 4.39 Å². The Morgan fingerprint density at radius 2 is 2.19 bits per heavy atom. The largest absolute Gasteiger partial charge is 0.461 e. The zero-order valence-electron chi connectivity index (χ0n) is 18.0. The highest BCUT2D eigenvalue weighted by Crippen LogP contribution is 2.42. The molecule has 0 spiro atoms. The lowest BCUT2D eigenvalue weighted by Crippen LogP contribution is -2.43. The van der Waals surface area contributed by atoms with Crippen LogP contribution in [0, 0.1) is 5.82 Å². The molecule has 4 aliphatic heterocycles. The number of halogens is 3. The van der Waals surface area contributed by atoms with Crippen molar-refractivity contribution in [1.82, 2.24) is 14.9 Å². The van der Waals surface area contributed by atoms with E-state index in [1.54, 1.807) is 6.07 Å². The third-order valence-electron chi connectivity index (χ3n) is 7.60. The number of anilines is 1. The minimum atomic E-state index is -0.835. The summed E-state index contributed by atoms with van der Waals surface area (Å²) in [5.74, 6) is 0.146. The number of hydrogen-bond acceptors (Lipinski definition) is 6. The molecule has 1 unspecified atom stereocenters. The van der Waals surface area contributed by atoms with Crippen LogP contribution >= 0.6 is 11.6 Å². The summed E-state index contributed by atoms with van der Waals surface area (Å²) in [6.07, 6.45) is 4.06. The van der Waals surface area contributed by atoms with Crippen LogP contribution in [0.15, 0.2) is 6.07 Å². The van der Waals surface area contributed by atoms with Gasteiger partial charge in [0.25, 0.3) is 0 Å². The minimum absolute atomic E-state index is 0.0630. The van der Waals surface area contributed by atoms with Crippen molar-refractivity contribution in [1.29, 1.82) is 0 Å². The zero-order chi connectivity index (χ0) is 21.9. The Kier molecular flexibility index (Phi) is 5.15. The molecule has 0 saturated carbocycles. The number of nitrogens with zero attached hydrogens (tertiary/aromatic N) is 4. The third kappa shape index (κ3) is 3.33. The highest BCUT2D eigenvalue weighted by Gasteiger charge is 2.49. The predicted octanol–water partition coefficient (Wildman–Crippen LogP) is 3.92. The maximum absolute atomic E-state index is 15.2. The number of aryl methyl sites for hydroxylation is 1. The fourth-order valence-corrected chi connectivity index (χ4v) is 6.29. The molecule has 4 aliphatic rings. The fourth-order valence-electron chi connectivity index (χ4n) is 6.07. The van der Waals surface area contributed by atoms with E-state index in [4.69, 9.17) is 26.1 Å². The van der Waals surface area contributed by atoms with Gasteiger partial charge >= 0.3 is 6.01 Å². The van der Waals surface area contributed by atoms with E-state index in [0.717, 1.165) is 50.8 Å². The van der Waals surface area contributed by atoms with Crippen molar-refractivity contribution in [2.24, 2.45) is 0 Å². The quantitative estimate of drug-likeness (QED) is 0.686. The maximum Gasteiger partial charge on any atom is 0.319 e. The Bertz CT molecular complexity index is 1060. The molecule has 0 aliphatic carbocycles. The summed E-state index contributed by atoms with van der Waals surface area (Å²) in [7, 11) is 0. The summed E-state index contributed by atoms with van der Waals surface area (Å²) in [5.41, 5.74) is 0.842. The molecule has 3 fully saturated rings. The molecule has 0 amide bonds. The van der Waals surface area contributed by atoms with Gasteiger partial charge in [0.15, 0.2) is 5.82 Å². The summed E-state index contributed by atoms with van der Waals surface area (Å²) < 4.78 is 41.2. The molecule has 1 aromatic carbocycles. The Balaban J connectivity index is 1.42. The highest BCUT2D eigenvalue weighted by atomic mass is 35.5. The second-order valence-electron chi connectivity index (χ2n) is 9.56. The van der Waals surface area contributed by atoms with Gasteiger partial charge in [0.1, 0.15) is 24.1 Å². The molecule has 6 nitrogen and oxygen atoms in total. The zero-order valence-corrected chi connectivity index (χ0v) is 18.7. The average Bonchev–Trinajstić information content (AvgIpc) is 3.12. The van der Waals surface area contributed by atoms with Crippen molar-refractivity contribution in [3.05, 3.63) is 22.5 Å². The molecule has 9 heteroatoms. The van der Waals surface area contributed by atoms with Crippen LogP contribution < -0.4 is 9.64 Å². The van der Waals surface area contributed by atoms with Crippen molar-refractivity contribution >= 4 is 28.3 Å². The first-order chi connectivity index (χ1) is 15.5. The van der Waals surface area contributed by atoms with Gasteiger partial charge in [-0.25, -0.2) is 8.78 Å². The van der Waals surface area contributed by atoms with Gasteiger partial charge in [-0.3, -0.25) is 4.90 Å². The molecule has 0 N–H and O–H groups in total. The van der Waals surface area contributed by atoms with Crippen LogP contribution in [0.4, 0.5) is 14.6 Å². The van der Waals surface area contributed by atoms with Crippen molar-refractivity contribution in [2.45, 2.75) is 56.3 Å². The van der Waals surface area contributed by atoms with E-state index in [2.05, 4.69) is 14.8 Å². The normalized spacial score (nSPS) is 30.2. The molecule has 172 valence electrons. The van der Waals surface area contributed by atoms with E-state index < -0.39 is 12.0 Å². The first-order valence-corrected chi connectivity index (χ1v) is 12.0. The number of hydrogen-bond donors (Lipinski definition) is 0. The van der Waals surface area contributed by atoms with Gasteiger partial charge in [0, 0.05) is 31.5 Å². The topological polar surface area (TPSA) is 50.7 Å². The number of alkyl halides is 1. The standard InChI is InChI=1S/C23H27ClF2N4O2/c24-17-9-14-3-4-16-12-31-8-2-7-30(16)21-18(14)20(19(17)26)27-22(28-21)32-13-23-5-1-6-29(23)11-15(25)10-23/h9,15-16H,1-8,10-13H2/t15-,16?,23+/m1/s1. The smallest absolute Gasteiger partial charge is 0.319 e. The second-order valence-corrected chi connectivity index (χ2v) is 9.97. The van der Waals surface area contributed by atoms with Crippen LogP contribution in [0.25, 0.3) is 10.9 Å². The van der Waals surface area contributed by atoms with E-state index in [-0.39, 0.29) is 28.1 Å². The molecular weight excluding hydrogens is 438 g/mol. The van der Waals surface area contributed by atoms with Crippen LogP contribution in [0.3, 0.4) is 0 Å². The SMILES string of the molecule is Fc1c(Cl)cc2c3c(nc(OC[C@@]45CCCN4C[C@H](F)C5)nc13)N1CCCOCC1CC2. The van der Waals surface area contributed by atoms with E-state index in [1.807, 2.05) is 0 Å². The first-order valence-electron chi connectivity index (χ1n) is 11.6. The lowest BCUT2D eigenvalue weighted by molar-refractivity contribution is 0.107. The summed E-state index contributed by atoms with van der Waals surface area (Å²) in [6.45, 7) is 3.74. The van der Waals surface area contributed by atoms with Crippen molar-refractivity contribution in [2.75, 3.05) is 44.4 Å². The molecule has 0 bridgehead atoms. The maximum atomic E-state index is 15.2. The van der Waals surface area contributed by atoms with Crippen molar-refractivity contribution in [3.8, 4) is 6.01 Å². The van der Waals surface area contributed by atoms with Crippen molar-refractivity contribution < 1.29 is 18.3 Å². The monoisotopic (exact) mass is 464 g/mol. The first kappa shape index (κ1) is 20.8. The summed E-state index contributed by atoms with van der Waals surface area (Å²) in [5, 5.41) is 0.780. The van der Waals surface area contributed by atoms with Gasteiger partial charge in [-0.1, -0.05) is 11.6 Å². The lowest BCUT2D eigenvalue weighted by Gasteiger charge is -2.31. The molecular formula is C23H27ClF2N4O2. The Morgan fingerprint density at radius 3 is 3.09 bits per heavy atom. The average molecular weight is 465 g/mol. The van der Waals surface area contributed by atoms with E-state index >= 15 is 4.39 Å². The van der Waals surface area contributed by atoms with Gasteiger partial charge in [-0.05, 0) is 50.3 Å². The van der Waals surface area contributed by atoms with Crippen LogP contribution in [0.5, 0.6) is 6.01 Å². The second kappa shape index (κ2) is 7.92. The highest BCUT2D eigenvalue weighted by molar-refractivity contribution is 6.31. The Hall–Kier alpha value is -1.77. The minimum Gasteiger partial charge on any atom is -0.461 e. The summed E-state index contributed by atoms with van der Waals surface area (Å²) in [4.78, 5) is 13.7. The van der Waals surface area contributed by atoms with E-state index in [1.165, 1.54) is 0 Å². The predicted molar refractivity (Wildman–Crippen MR) is 118 cm³/mol. The number of benzene rings is 1. The molecule has 5 heterocycles. The third-order valence-corrected chi connectivity index (χ3v) is 7.87. The van der Waals surface area contributed by atoms with Crippen LogP contribution in [-0.2, 0) is 11.2 Å². The van der Waals surface area contributed by atoms with Crippen molar-refractivity contribution in [3.63, 3.8) is 0 Å². The lowest BCUT2D eigenvalue weighted by atomic mass is 9.95. The van der Waals surface area contributed by atoms with Crippen LogP contribution in [0.2, 0.25) is 5.02 Å².